The molecule has 0 amide bonds. The van der Waals surface area contributed by atoms with Crippen molar-refractivity contribution in [3.63, 3.8) is 0 Å². The molecule has 2 heteroatoms. The Kier molecular flexibility index (Phi) is 6.66. The monoisotopic (exact) mass is 294 g/mol. The average Bonchev–Trinajstić information content (AvgIpc) is 2.48. The zero-order valence-electron chi connectivity index (χ0n) is 13.2. The highest BCUT2D eigenvalue weighted by Gasteiger charge is 2.24. The van der Waals surface area contributed by atoms with Gasteiger partial charge in [0.15, 0.2) is 0 Å². The summed E-state index contributed by atoms with van der Waals surface area (Å²) in [7, 11) is 0. The molecular formula is C19H28F2. The molecule has 1 aromatic carbocycles. The van der Waals surface area contributed by atoms with E-state index in [1.54, 1.807) is 6.07 Å². The maximum Gasteiger partial charge on any atom is 0.129 e. The lowest BCUT2D eigenvalue weighted by atomic mass is 9.77. The van der Waals surface area contributed by atoms with Gasteiger partial charge in [-0.2, -0.15) is 0 Å². The first-order valence-electron chi connectivity index (χ1n) is 8.65. The second-order valence-electron chi connectivity index (χ2n) is 6.59. The number of hydrogen-bond donors (Lipinski definition) is 0. The molecule has 0 bridgehead atoms. The summed E-state index contributed by atoms with van der Waals surface area (Å²) in [6, 6.07) is 4.05. The van der Waals surface area contributed by atoms with Crippen molar-refractivity contribution in [3.05, 3.63) is 35.4 Å². The third kappa shape index (κ3) is 5.09. The number of benzene rings is 1. The molecule has 0 saturated heterocycles. The quantitative estimate of drug-likeness (QED) is 0.497. The molecule has 0 aromatic heterocycles. The molecule has 0 radical (unpaired) electrons. The van der Waals surface area contributed by atoms with Crippen LogP contribution in [0.1, 0.15) is 82.6 Å². The van der Waals surface area contributed by atoms with Crippen molar-refractivity contribution in [2.75, 3.05) is 0 Å². The zero-order chi connectivity index (χ0) is 15.1. The molecule has 0 N–H and O–H groups in total. The Hall–Kier alpha value is -0.920. The number of unbranched alkanes of at least 4 members (excludes halogenated alkanes) is 4. The molecule has 0 nitrogen and oxygen atoms in total. The van der Waals surface area contributed by atoms with Crippen LogP contribution in [0.4, 0.5) is 8.78 Å². The first kappa shape index (κ1) is 16.5. The topological polar surface area (TPSA) is 0 Å². The van der Waals surface area contributed by atoms with E-state index < -0.39 is 5.82 Å². The van der Waals surface area contributed by atoms with Crippen molar-refractivity contribution >= 4 is 0 Å². The third-order valence-corrected chi connectivity index (χ3v) is 4.97. The molecule has 0 aliphatic heterocycles. The van der Waals surface area contributed by atoms with Crippen LogP contribution in [0.15, 0.2) is 18.2 Å². The van der Waals surface area contributed by atoms with Crippen LogP contribution < -0.4 is 0 Å². The van der Waals surface area contributed by atoms with Crippen molar-refractivity contribution in [2.45, 2.75) is 77.0 Å². The van der Waals surface area contributed by atoms with E-state index in [-0.39, 0.29) is 5.82 Å². The van der Waals surface area contributed by atoms with E-state index in [1.165, 1.54) is 57.4 Å². The zero-order valence-corrected chi connectivity index (χ0v) is 13.2. The number of hydrogen-bond acceptors (Lipinski definition) is 0. The van der Waals surface area contributed by atoms with Crippen molar-refractivity contribution in [1.29, 1.82) is 0 Å². The molecule has 1 aliphatic carbocycles. The maximum atomic E-state index is 13.8. The predicted molar refractivity (Wildman–Crippen MR) is 84.4 cm³/mol. The first-order valence-corrected chi connectivity index (χ1v) is 8.65. The van der Waals surface area contributed by atoms with Gasteiger partial charge in [-0.05, 0) is 49.1 Å². The summed E-state index contributed by atoms with van der Waals surface area (Å²) in [6.07, 6.45) is 12.6. The van der Waals surface area contributed by atoms with E-state index in [1.807, 2.05) is 0 Å². The molecule has 2 rings (SSSR count). The van der Waals surface area contributed by atoms with Crippen LogP contribution in [0.25, 0.3) is 0 Å². The van der Waals surface area contributed by atoms with Gasteiger partial charge < -0.3 is 0 Å². The minimum Gasteiger partial charge on any atom is -0.207 e. The minimum atomic E-state index is -0.475. The summed E-state index contributed by atoms with van der Waals surface area (Å²) in [5, 5.41) is 0. The van der Waals surface area contributed by atoms with E-state index >= 15 is 0 Å². The third-order valence-electron chi connectivity index (χ3n) is 4.97. The van der Waals surface area contributed by atoms with E-state index in [9.17, 15) is 8.78 Å². The van der Waals surface area contributed by atoms with Gasteiger partial charge in [-0.3, -0.25) is 0 Å². The summed E-state index contributed by atoms with van der Waals surface area (Å²) in [6.45, 7) is 2.25. The van der Waals surface area contributed by atoms with E-state index in [0.717, 1.165) is 30.4 Å². The molecule has 1 aromatic rings. The van der Waals surface area contributed by atoms with Crippen LogP contribution in [-0.4, -0.2) is 0 Å². The molecule has 1 fully saturated rings. The van der Waals surface area contributed by atoms with Crippen LogP contribution in [-0.2, 0) is 0 Å². The van der Waals surface area contributed by atoms with Crippen LogP contribution in [0.5, 0.6) is 0 Å². The van der Waals surface area contributed by atoms with Gasteiger partial charge in [0.05, 0.1) is 0 Å². The number of rotatable bonds is 7. The van der Waals surface area contributed by atoms with Gasteiger partial charge >= 0.3 is 0 Å². The summed E-state index contributed by atoms with van der Waals surface area (Å²) in [5.74, 6) is 0.281. The summed E-state index contributed by atoms with van der Waals surface area (Å²) >= 11 is 0. The van der Waals surface area contributed by atoms with Crippen LogP contribution >= 0.6 is 0 Å². The summed E-state index contributed by atoms with van der Waals surface area (Å²) < 4.78 is 26.8. The minimum absolute atomic E-state index is 0.293. The van der Waals surface area contributed by atoms with Crippen molar-refractivity contribution in [2.24, 2.45) is 5.92 Å². The smallest absolute Gasteiger partial charge is 0.129 e. The van der Waals surface area contributed by atoms with Crippen LogP contribution in [0, 0.1) is 17.6 Å². The van der Waals surface area contributed by atoms with E-state index in [2.05, 4.69) is 6.92 Å². The predicted octanol–water partition coefficient (Wildman–Crippen LogP) is 6.60. The molecule has 1 saturated carbocycles. The lowest BCUT2D eigenvalue weighted by Gasteiger charge is -2.29. The summed E-state index contributed by atoms with van der Waals surface area (Å²) in [5.41, 5.74) is 0.720. The standard InChI is InChI=1S/C19H28F2/c1-2-3-4-5-6-7-15-8-10-16(11-9-15)18-13-12-17(20)14-19(18)21/h12-16H,2-11H2,1H3. The normalized spacial score (nSPS) is 22.4. The van der Waals surface area contributed by atoms with Gasteiger partial charge in [0.25, 0.3) is 0 Å². The van der Waals surface area contributed by atoms with Crippen molar-refractivity contribution in [3.8, 4) is 0 Å². The SMILES string of the molecule is CCCCCCCC1CCC(c2ccc(F)cc2F)CC1. The van der Waals surface area contributed by atoms with E-state index in [0.29, 0.717) is 5.92 Å². The molecule has 1 aliphatic rings. The molecular weight excluding hydrogens is 266 g/mol. The van der Waals surface area contributed by atoms with Gasteiger partial charge in [-0.15, -0.1) is 0 Å². The highest BCUT2D eigenvalue weighted by atomic mass is 19.1. The molecule has 0 heterocycles. The van der Waals surface area contributed by atoms with Crippen molar-refractivity contribution < 1.29 is 8.78 Å². The fraction of sp³-hybridized carbons (Fsp3) is 0.684. The van der Waals surface area contributed by atoms with Gasteiger partial charge in [-0.25, -0.2) is 8.78 Å². The average molecular weight is 294 g/mol. The highest BCUT2D eigenvalue weighted by molar-refractivity contribution is 5.23. The first-order chi connectivity index (χ1) is 10.2. The second kappa shape index (κ2) is 8.51. The van der Waals surface area contributed by atoms with E-state index in [4.69, 9.17) is 0 Å². The lowest BCUT2D eigenvalue weighted by Crippen LogP contribution is -2.14. The van der Waals surface area contributed by atoms with Crippen LogP contribution in [0.3, 0.4) is 0 Å². The highest BCUT2D eigenvalue weighted by Crippen LogP contribution is 2.38. The molecule has 118 valence electrons. The van der Waals surface area contributed by atoms with Gasteiger partial charge in [0.2, 0.25) is 0 Å². The Balaban J connectivity index is 1.73. The van der Waals surface area contributed by atoms with Gasteiger partial charge in [-0.1, -0.05) is 51.5 Å². The summed E-state index contributed by atoms with van der Waals surface area (Å²) in [4.78, 5) is 0. The Bertz CT molecular complexity index is 420. The molecule has 21 heavy (non-hydrogen) atoms. The Morgan fingerprint density at radius 2 is 1.67 bits per heavy atom. The fourth-order valence-corrected chi connectivity index (χ4v) is 3.63. The Morgan fingerprint density at radius 3 is 2.33 bits per heavy atom. The lowest BCUT2D eigenvalue weighted by molar-refractivity contribution is 0.298. The second-order valence-corrected chi connectivity index (χ2v) is 6.59. The molecule has 0 atom stereocenters. The molecule has 0 spiro atoms. The Labute approximate surface area is 128 Å². The van der Waals surface area contributed by atoms with Gasteiger partial charge in [0.1, 0.15) is 11.6 Å². The molecule has 0 unspecified atom stereocenters. The van der Waals surface area contributed by atoms with Crippen molar-refractivity contribution in [1.82, 2.24) is 0 Å². The fourth-order valence-electron chi connectivity index (χ4n) is 3.63. The Morgan fingerprint density at radius 1 is 0.952 bits per heavy atom. The largest absolute Gasteiger partial charge is 0.207 e. The number of halogens is 2. The maximum absolute atomic E-state index is 13.8. The van der Waals surface area contributed by atoms with Crippen LogP contribution in [0.2, 0.25) is 0 Å². The van der Waals surface area contributed by atoms with Gasteiger partial charge in [0, 0.05) is 6.07 Å².